The molecule has 2 rings (SSSR count). The van der Waals surface area contributed by atoms with Crippen molar-refractivity contribution in [1.29, 1.82) is 0 Å². The highest BCUT2D eigenvalue weighted by atomic mass is 127. The van der Waals surface area contributed by atoms with Gasteiger partial charge in [0.2, 0.25) is 5.91 Å². The zero-order valence-electron chi connectivity index (χ0n) is 8.69. The lowest BCUT2D eigenvalue weighted by molar-refractivity contribution is -0.130. The van der Waals surface area contributed by atoms with Gasteiger partial charge in [-0.1, -0.05) is 59.8 Å². The third-order valence-corrected chi connectivity index (χ3v) is 4.33. The van der Waals surface area contributed by atoms with Crippen molar-refractivity contribution in [3.05, 3.63) is 35.9 Å². The van der Waals surface area contributed by atoms with E-state index < -0.39 is 0 Å². The minimum atomic E-state index is 0.175. The number of benzene rings is 1. The van der Waals surface area contributed by atoms with E-state index in [0.29, 0.717) is 9.83 Å². The molecule has 1 amide bonds. The minimum Gasteiger partial charge on any atom is -0.337 e. The molecule has 1 heterocycles. The van der Waals surface area contributed by atoms with E-state index >= 15 is 0 Å². The van der Waals surface area contributed by atoms with Crippen molar-refractivity contribution in [1.82, 2.24) is 4.90 Å². The Morgan fingerprint density at radius 3 is 2.60 bits per heavy atom. The Labute approximate surface area is 104 Å². The molecule has 0 N–H and O–H groups in total. The fourth-order valence-electron chi connectivity index (χ4n) is 1.85. The SMILES string of the molecule is CC1C(=O)N(Cc2ccccc2)CC1I. The van der Waals surface area contributed by atoms with Crippen molar-refractivity contribution in [2.24, 2.45) is 5.92 Å². The van der Waals surface area contributed by atoms with Crippen LogP contribution >= 0.6 is 22.6 Å². The average Bonchev–Trinajstić information content (AvgIpc) is 2.48. The second-order valence-electron chi connectivity index (χ2n) is 4.01. The summed E-state index contributed by atoms with van der Waals surface area (Å²) in [6, 6.07) is 10.2. The summed E-state index contributed by atoms with van der Waals surface area (Å²) in [7, 11) is 0. The van der Waals surface area contributed by atoms with Crippen LogP contribution in [0.25, 0.3) is 0 Å². The van der Waals surface area contributed by atoms with Gasteiger partial charge >= 0.3 is 0 Å². The number of alkyl halides is 1. The molecule has 1 aliphatic rings. The fourth-order valence-corrected chi connectivity index (χ4v) is 2.63. The molecule has 0 saturated carbocycles. The molecule has 1 fully saturated rings. The molecule has 2 atom stereocenters. The van der Waals surface area contributed by atoms with Gasteiger partial charge in [0.1, 0.15) is 0 Å². The van der Waals surface area contributed by atoms with Crippen molar-refractivity contribution >= 4 is 28.5 Å². The Bertz CT molecular complexity index is 352. The summed E-state index contributed by atoms with van der Waals surface area (Å²) in [6.07, 6.45) is 0. The second kappa shape index (κ2) is 4.51. The molecule has 0 aliphatic carbocycles. The Hall–Kier alpha value is -0.580. The number of nitrogens with zero attached hydrogens (tertiary/aromatic N) is 1. The lowest BCUT2D eigenvalue weighted by Crippen LogP contribution is -2.26. The predicted octanol–water partition coefficient (Wildman–Crippen LogP) is 2.47. The number of hydrogen-bond donors (Lipinski definition) is 0. The summed E-state index contributed by atoms with van der Waals surface area (Å²) in [5.74, 6) is 0.465. The van der Waals surface area contributed by atoms with Crippen LogP contribution in [-0.4, -0.2) is 21.3 Å². The maximum Gasteiger partial charge on any atom is 0.226 e. The topological polar surface area (TPSA) is 20.3 Å². The zero-order valence-corrected chi connectivity index (χ0v) is 10.8. The van der Waals surface area contributed by atoms with Crippen LogP contribution in [-0.2, 0) is 11.3 Å². The molecule has 0 radical (unpaired) electrons. The Morgan fingerprint density at radius 1 is 1.40 bits per heavy atom. The van der Waals surface area contributed by atoms with Crippen LogP contribution in [0.15, 0.2) is 30.3 Å². The van der Waals surface area contributed by atoms with E-state index in [1.54, 1.807) is 0 Å². The molecule has 80 valence electrons. The van der Waals surface area contributed by atoms with Gasteiger partial charge in [-0.15, -0.1) is 0 Å². The number of hydrogen-bond acceptors (Lipinski definition) is 1. The van der Waals surface area contributed by atoms with Crippen molar-refractivity contribution in [3.63, 3.8) is 0 Å². The highest BCUT2D eigenvalue weighted by Crippen LogP contribution is 2.26. The number of halogens is 1. The third-order valence-electron chi connectivity index (χ3n) is 2.85. The number of likely N-dealkylation sites (tertiary alicyclic amines) is 1. The largest absolute Gasteiger partial charge is 0.337 e. The first-order valence-corrected chi connectivity index (χ1v) is 6.40. The van der Waals surface area contributed by atoms with Crippen LogP contribution in [0.2, 0.25) is 0 Å². The molecule has 3 heteroatoms. The summed E-state index contributed by atoms with van der Waals surface area (Å²) in [5, 5.41) is 0. The quantitative estimate of drug-likeness (QED) is 0.606. The van der Waals surface area contributed by atoms with Crippen molar-refractivity contribution in [2.45, 2.75) is 17.4 Å². The molecule has 1 saturated heterocycles. The molecule has 15 heavy (non-hydrogen) atoms. The van der Waals surface area contributed by atoms with Gasteiger partial charge in [0.25, 0.3) is 0 Å². The van der Waals surface area contributed by atoms with Crippen LogP contribution < -0.4 is 0 Å². The number of carbonyl (C=O) groups excluding carboxylic acids is 1. The summed E-state index contributed by atoms with van der Waals surface area (Å²) >= 11 is 2.37. The van der Waals surface area contributed by atoms with Crippen LogP contribution in [0.4, 0.5) is 0 Å². The molecule has 1 aliphatic heterocycles. The minimum absolute atomic E-state index is 0.175. The van der Waals surface area contributed by atoms with Crippen molar-refractivity contribution in [2.75, 3.05) is 6.54 Å². The highest BCUT2D eigenvalue weighted by Gasteiger charge is 2.35. The monoisotopic (exact) mass is 315 g/mol. The molecule has 0 spiro atoms. The van der Waals surface area contributed by atoms with Gasteiger partial charge in [0.05, 0.1) is 0 Å². The maximum atomic E-state index is 11.8. The first kappa shape index (κ1) is 10.9. The number of carbonyl (C=O) groups is 1. The van der Waals surface area contributed by atoms with E-state index in [0.717, 1.165) is 13.1 Å². The van der Waals surface area contributed by atoms with Crippen LogP contribution in [0.5, 0.6) is 0 Å². The van der Waals surface area contributed by atoms with E-state index in [9.17, 15) is 4.79 Å². The van der Waals surface area contributed by atoms with Gasteiger partial charge < -0.3 is 4.90 Å². The van der Waals surface area contributed by atoms with Crippen molar-refractivity contribution in [3.8, 4) is 0 Å². The molecule has 1 aromatic rings. The Balaban J connectivity index is 2.05. The molecule has 2 unspecified atom stereocenters. The van der Waals surface area contributed by atoms with Gasteiger partial charge in [0.15, 0.2) is 0 Å². The summed E-state index contributed by atoms with van der Waals surface area (Å²) in [6.45, 7) is 3.66. The first-order chi connectivity index (χ1) is 7.18. The van der Waals surface area contributed by atoms with Gasteiger partial charge in [0, 0.05) is 22.9 Å². The van der Waals surface area contributed by atoms with Gasteiger partial charge in [-0.05, 0) is 5.56 Å². The fraction of sp³-hybridized carbons (Fsp3) is 0.417. The van der Waals surface area contributed by atoms with E-state index in [1.807, 2.05) is 30.0 Å². The van der Waals surface area contributed by atoms with Gasteiger partial charge in [-0.3, -0.25) is 4.79 Å². The molecule has 0 aromatic heterocycles. The summed E-state index contributed by atoms with van der Waals surface area (Å²) in [4.78, 5) is 13.8. The molecular weight excluding hydrogens is 301 g/mol. The smallest absolute Gasteiger partial charge is 0.226 e. The zero-order chi connectivity index (χ0) is 10.8. The van der Waals surface area contributed by atoms with E-state index in [1.165, 1.54) is 5.56 Å². The van der Waals surface area contributed by atoms with Gasteiger partial charge in [-0.2, -0.15) is 0 Å². The number of rotatable bonds is 2. The standard InChI is InChI=1S/C12H14INO/c1-9-11(13)8-14(12(9)15)7-10-5-3-2-4-6-10/h2-6,9,11H,7-8H2,1H3. The van der Waals surface area contributed by atoms with Crippen LogP contribution in [0.1, 0.15) is 12.5 Å². The Morgan fingerprint density at radius 2 is 2.07 bits per heavy atom. The maximum absolute atomic E-state index is 11.8. The lowest BCUT2D eigenvalue weighted by atomic mass is 10.1. The molecule has 1 aromatic carbocycles. The third kappa shape index (κ3) is 2.33. The second-order valence-corrected chi connectivity index (χ2v) is 5.61. The lowest BCUT2D eigenvalue weighted by Gasteiger charge is -2.15. The van der Waals surface area contributed by atoms with E-state index in [-0.39, 0.29) is 5.92 Å². The molecular formula is C12H14INO. The van der Waals surface area contributed by atoms with Crippen molar-refractivity contribution < 1.29 is 4.79 Å². The van der Waals surface area contributed by atoms with Gasteiger partial charge in [-0.25, -0.2) is 0 Å². The first-order valence-electron chi connectivity index (χ1n) is 5.15. The Kier molecular flexibility index (Phi) is 3.29. The number of amides is 1. The summed E-state index contributed by atoms with van der Waals surface area (Å²) in [5.41, 5.74) is 1.21. The van der Waals surface area contributed by atoms with Crippen LogP contribution in [0.3, 0.4) is 0 Å². The van der Waals surface area contributed by atoms with Crippen LogP contribution in [0, 0.1) is 5.92 Å². The summed E-state index contributed by atoms with van der Waals surface area (Å²) < 4.78 is 0.457. The van der Waals surface area contributed by atoms with E-state index in [2.05, 4.69) is 34.7 Å². The molecule has 0 bridgehead atoms. The average molecular weight is 315 g/mol. The predicted molar refractivity (Wildman–Crippen MR) is 68.8 cm³/mol. The molecule has 2 nitrogen and oxygen atoms in total. The normalized spacial score (nSPS) is 26.0. The van der Waals surface area contributed by atoms with E-state index in [4.69, 9.17) is 0 Å². The highest BCUT2D eigenvalue weighted by molar-refractivity contribution is 14.1.